The van der Waals surface area contributed by atoms with Crippen molar-refractivity contribution in [3.05, 3.63) is 67.5 Å². The van der Waals surface area contributed by atoms with Crippen molar-refractivity contribution in [2.75, 3.05) is 50.2 Å². The van der Waals surface area contributed by atoms with E-state index in [0.29, 0.717) is 28.9 Å². The van der Waals surface area contributed by atoms with Crippen LogP contribution < -0.4 is 20.7 Å². The summed E-state index contributed by atoms with van der Waals surface area (Å²) in [4.78, 5) is 23.2. The highest BCUT2D eigenvalue weighted by Gasteiger charge is 2.14. The molecule has 0 saturated carbocycles. The van der Waals surface area contributed by atoms with E-state index in [-0.39, 0.29) is 5.91 Å². The van der Waals surface area contributed by atoms with Gasteiger partial charge in [-0.05, 0) is 45.3 Å². The van der Waals surface area contributed by atoms with Crippen LogP contribution in [0, 0.1) is 0 Å². The molecule has 186 valence electrons. The fraction of sp³-hybridized carbons (Fsp3) is 0.231. The van der Waals surface area contributed by atoms with E-state index in [0.717, 1.165) is 36.1 Å². The topological polar surface area (TPSA) is 109 Å². The monoisotopic (exact) mass is 486 g/mol. The summed E-state index contributed by atoms with van der Waals surface area (Å²) in [6.45, 7) is 5.23. The molecule has 1 amide bonds. The minimum Gasteiger partial charge on any atom is -0.494 e. The summed E-state index contributed by atoms with van der Waals surface area (Å²) in [5, 5.41) is 14.9. The summed E-state index contributed by atoms with van der Waals surface area (Å²) in [6.07, 6.45) is 5.63. The van der Waals surface area contributed by atoms with Crippen LogP contribution in [0.5, 0.6) is 5.75 Å². The first-order chi connectivity index (χ1) is 17.5. The molecule has 2 heterocycles. The zero-order valence-corrected chi connectivity index (χ0v) is 20.7. The van der Waals surface area contributed by atoms with E-state index in [1.165, 1.54) is 6.08 Å². The number of benzene rings is 2. The van der Waals surface area contributed by atoms with Crippen molar-refractivity contribution in [2.45, 2.75) is 6.42 Å². The number of ether oxygens (including phenoxy) is 1. The van der Waals surface area contributed by atoms with E-state index < -0.39 is 0 Å². The van der Waals surface area contributed by atoms with E-state index in [4.69, 9.17) is 4.74 Å². The number of anilines is 4. The molecule has 0 fully saturated rings. The number of carbonyl (C=O) groups excluding carboxylic acids is 1. The normalized spacial score (nSPS) is 10.9. The first-order valence-corrected chi connectivity index (χ1v) is 11.6. The van der Waals surface area contributed by atoms with Gasteiger partial charge in [-0.15, -0.1) is 0 Å². The molecule has 0 atom stereocenters. The summed E-state index contributed by atoms with van der Waals surface area (Å²) in [5.74, 6) is 1.23. The van der Waals surface area contributed by atoms with Gasteiger partial charge in [-0.2, -0.15) is 10.1 Å². The molecule has 0 aliphatic heterocycles. The van der Waals surface area contributed by atoms with Crippen molar-refractivity contribution < 1.29 is 9.53 Å². The number of carbonyl (C=O) groups is 1. The second-order valence-corrected chi connectivity index (χ2v) is 8.35. The van der Waals surface area contributed by atoms with Crippen LogP contribution >= 0.6 is 0 Å². The van der Waals surface area contributed by atoms with Gasteiger partial charge in [0.2, 0.25) is 11.9 Å². The Morgan fingerprint density at radius 2 is 2.00 bits per heavy atom. The van der Waals surface area contributed by atoms with Gasteiger partial charge in [-0.1, -0.05) is 24.8 Å². The van der Waals surface area contributed by atoms with Crippen LogP contribution in [0.15, 0.2) is 67.5 Å². The van der Waals surface area contributed by atoms with E-state index in [2.05, 4.69) is 42.5 Å². The fourth-order valence-corrected chi connectivity index (χ4v) is 3.70. The molecule has 10 nitrogen and oxygen atoms in total. The molecule has 0 spiro atoms. The van der Waals surface area contributed by atoms with Crippen LogP contribution in [-0.2, 0) is 4.79 Å². The molecule has 2 aromatic carbocycles. The Morgan fingerprint density at radius 3 is 2.78 bits per heavy atom. The molecule has 4 aromatic rings. The Morgan fingerprint density at radius 1 is 1.17 bits per heavy atom. The van der Waals surface area contributed by atoms with Gasteiger partial charge in [0.05, 0.1) is 35.9 Å². The van der Waals surface area contributed by atoms with E-state index in [1.54, 1.807) is 36.3 Å². The molecule has 0 saturated heterocycles. The number of aromatic nitrogens is 4. The van der Waals surface area contributed by atoms with Crippen molar-refractivity contribution >= 4 is 39.8 Å². The summed E-state index contributed by atoms with van der Waals surface area (Å²) >= 11 is 0. The minimum atomic E-state index is -0.314. The van der Waals surface area contributed by atoms with Gasteiger partial charge in [0.1, 0.15) is 5.75 Å². The van der Waals surface area contributed by atoms with Gasteiger partial charge in [0.15, 0.2) is 5.82 Å². The zero-order chi connectivity index (χ0) is 25.5. The molecular weight excluding hydrogens is 456 g/mol. The quantitative estimate of drug-likeness (QED) is 0.215. The van der Waals surface area contributed by atoms with Crippen LogP contribution in [0.1, 0.15) is 6.42 Å². The van der Waals surface area contributed by atoms with E-state index >= 15 is 0 Å². The molecule has 3 N–H and O–H groups in total. The molecule has 0 bridgehead atoms. The highest BCUT2D eigenvalue weighted by Crippen LogP contribution is 2.36. The largest absolute Gasteiger partial charge is 0.494 e. The van der Waals surface area contributed by atoms with Crippen molar-refractivity contribution in [3.63, 3.8) is 0 Å². The third-order valence-electron chi connectivity index (χ3n) is 5.46. The van der Waals surface area contributed by atoms with Crippen molar-refractivity contribution in [2.24, 2.45) is 0 Å². The smallest absolute Gasteiger partial charge is 0.247 e. The summed E-state index contributed by atoms with van der Waals surface area (Å²) in [5.41, 5.74) is 2.86. The summed E-state index contributed by atoms with van der Waals surface area (Å²) < 4.78 is 7.39. The Labute approximate surface area is 210 Å². The number of para-hydroxylation sites is 1. The van der Waals surface area contributed by atoms with Crippen LogP contribution in [-0.4, -0.2) is 64.9 Å². The number of methoxy groups -OCH3 is 1. The Bertz CT molecular complexity index is 1370. The molecule has 0 unspecified atom stereocenters. The molecule has 36 heavy (non-hydrogen) atoms. The van der Waals surface area contributed by atoms with Gasteiger partial charge >= 0.3 is 0 Å². The van der Waals surface area contributed by atoms with Gasteiger partial charge < -0.3 is 25.6 Å². The molecule has 0 aliphatic rings. The lowest BCUT2D eigenvalue weighted by atomic mass is 10.2. The lowest BCUT2D eigenvalue weighted by Crippen LogP contribution is -2.17. The van der Waals surface area contributed by atoms with Crippen LogP contribution in [0.3, 0.4) is 0 Å². The molecule has 0 radical (unpaired) electrons. The number of nitrogens with zero attached hydrogens (tertiary/aromatic N) is 5. The molecular formula is C26H30N8O2. The Hall–Kier alpha value is -4.44. The van der Waals surface area contributed by atoms with Crippen LogP contribution in [0.4, 0.5) is 23.0 Å². The maximum Gasteiger partial charge on any atom is 0.247 e. The zero-order valence-electron chi connectivity index (χ0n) is 20.7. The summed E-state index contributed by atoms with van der Waals surface area (Å²) in [7, 11) is 5.65. The highest BCUT2D eigenvalue weighted by molar-refractivity contribution is 6.02. The SMILES string of the molecule is C=CC(=O)Nc1cc(Nc2nccc(-n3ncc4ccccc43)n2)c(OC)cc1NCCCN(C)C. The number of rotatable bonds is 11. The third kappa shape index (κ3) is 5.78. The van der Waals surface area contributed by atoms with Crippen molar-refractivity contribution in [1.29, 1.82) is 0 Å². The second kappa shape index (κ2) is 11.3. The number of fused-ring (bicyclic) bond motifs is 1. The van der Waals surface area contributed by atoms with Gasteiger partial charge in [-0.3, -0.25) is 4.79 Å². The predicted molar refractivity (Wildman–Crippen MR) is 143 cm³/mol. The lowest BCUT2D eigenvalue weighted by molar-refractivity contribution is -0.111. The standard InChI is InChI=1S/C26H30N8O2/c1-5-25(35)30-20-15-21(23(36-4)16-19(20)27-12-8-14-33(2)3)31-26-28-13-11-24(32-26)34-22-10-7-6-9-18(22)17-29-34/h5-7,9-11,13,15-17,27H,1,8,12,14H2,2-4H3,(H,30,35)(H,28,31,32). The lowest BCUT2D eigenvalue weighted by Gasteiger charge is -2.18. The number of hydrogen-bond donors (Lipinski definition) is 3. The summed E-state index contributed by atoms with van der Waals surface area (Å²) in [6, 6.07) is 13.3. The number of nitrogens with one attached hydrogen (secondary N) is 3. The predicted octanol–water partition coefficient (Wildman–Crippen LogP) is 4.06. The minimum absolute atomic E-state index is 0.314. The van der Waals surface area contributed by atoms with Crippen molar-refractivity contribution in [1.82, 2.24) is 24.6 Å². The fourth-order valence-electron chi connectivity index (χ4n) is 3.70. The van der Waals surface area contributed by atoms with Gasteiger partial charge in [0, 0.05) is 30.3 Å². The average molecular weight is 487 g/mol. The molecule has 10 heteroatoms. The number of amides is 1. The second-order valence-electron chi connectivity index (χ2n) is 8.35. The third-order valence-corrected chi connectivity index (χ3v) is 5.46. The van der Waals surface area contributed by atoms with Crippen LogP contribution in [0.25, 0.3) is 16.7 Å². The molecule has 0 aliphatic carbocycles. The van der Waals surface area contributed by atoms with E-state index in [1.807, 2.05) is 44.4 Å². The first-order valence-electron chi connectivity index (χ1n) is 11.6. The van der Waals surface area contributed by atoms with E-state index in [9.17, 15) is 4.79 Å². The van der Waals surface area contributed by atoms with Crippen molar-refractivity contribution in [3.8, 4) is 11.6 Å². The Kier molecular flexibility index (Phi) is 7.76. The number of hydrogen-bond acceptors (Lipinski definition) is 8. The molecule has 2 aromatic heterocycles. The maximum atomic E-state index is 12.1. The van der Waals surface area contributed by atoms with Crippen LogP contribution in [0.2, 0.25) is 0 Å². The highest BCUT2D eigenvalue weighted by atomic mass is 16.5. The van der Waals surface area contributed by atoms with Gasteiger partial charge in [0.25, 0.3) is 0 Å². The molecule has 4 rings (SSSR count). The maximum absolute atomic E-state index is 12.1. The average Bonchev–Trinajstić information content (AvgIpc) is 3.32. The Balaban J connectivity index is 1.63. The first kappa shape index (κ1) is 24.7. The van der Waals surface area contributed by atoms with Gasteiger partial charge in [-0.25, -0.2) is 9.67 Å².